The van der Waals surface area contributed by atoms with Gasteiger partial charge in [-0.1, -0.05) is 47.7 Å². The minimum Gasteiger partial charge on any atom is -0.329 e. The maximum absolute atomic E-state index is 3.70. The molecule has 1 unspecified atom stereocenters. The summed E-state index contributed by atoms with van der Waals surface area (Å²) in [6, 6.07) is 0.595. The molecule has 0 bridgehead atoms. The van der Waals surface area contributed by atoms with Crippen molar-refractivity contribution in [2.24, 2.45) is 0 Å². The molecule has 1 nitrogen and oxygen atoms in total. The molecule has 0 heterocycles. The Morgan fingerprint density at radius 2 is 1.53 bits per heavy atom. The van der Waals surface area contributed by atoms with Gasteiger partial charge in [0.2, 0.25) is 0 Å². The van der Waals surface area contributed by atoms with E-state index in [2.05, 4.69) is 65.3 Å². The van der Waals surface area contributed by atoms with E-state index in [-0.39, 0.29) is 52.1 Å². The minimum absolute atomic E-state index is 0. The number of nitrogens with zero attached hydrogens (tertiary/aromatic N) is 1. The van der Waals surface area contributed by atoms with Crippen LogP contribution in [0.2, 0.25) is 13.1 Å². The topological polar surface area (TPSA) is 3.24 Å². The van der Waals surface area contributed by atoms with E-state index in [1.54, 1.807) is 0 Å². The second-order valence-corrected chi connectivity index (χ2v) is 8.41. The number of rotatable bonds is 3. The van der Waals surface area contributed by atoms with Crippen LogP contribution in [-0.4, -0.2) is 25.1 Å². The Kier molecular flexibility index (Phi) is 11.9. The van der Waals surface area contributed by atoms with Gasteiger partial charge in [0.15, 0.2) is 0 Å². The number of halogens is 2. The van der Waals surface area contributed by atoms with Gasteiger partial charge in [0.05, 0.1) is 0 Å². The van der Waals surface area contributed by atoms with Gasteiger partial charge in [-0.15, -0.1) is 37.3 Å². The van der Waals surface area contributed by atoms with Crippen LogP contribution in [0.1, 0.15) is 41.5 Å². The smallest absolute Gasteiger partial charge is 0.105 e. The van der Waals surface area contributed by atoms with Gasteiger partial charge in [0, 0.05) is 21.7 Å². The first-order chi connectivity index (χ1) is 7.21. The van der Waals surface area contributed by atoms with E-state index in [0.717, 1.165) is 0 Å². The molecule has 5 heteroatoms. The van der Waals surface area contributed by atoms with Crippen molar-refractivity contribution in [3.05, 3.63) is 22.8 Å². The van der Waals surface area contributed by atoms with Crippen LogP contribution >= 0.6 is 24.8 Å². The summed E-state index contributed by atoms with van der Waals surface area (Å²) < 4.78 is 2.68. The van der Waals surface area contributed by atoms with Crippen molar-refractivity contribution < 1.29 is 21.7 Å². The molecule has 0 fully saturated rings. The third-order valence-corrected chi connectivity index (χ3v) is 6.14. The fraction of sp³-hybridized carbons (Fsp3) is 0.714. The number of allylic oxidation sites excluding steroid dienone is 2. The second kappa shape index (κ2) is 9.07. The van der Waals surface area contributed by atoms with Gasteiger partial charge in [-0.2, -0.15) is 5.57 Å². The van der Waals surface area contributed by atoms with Crippen molar-refractivity contribution in [2.75, 3.05) is 0 Å². The molecule has 1 rings (SSSR count). The molecule has 19 heavy (non-hydrogen) atoms. The second-order valence-electron chi connectivity index (χ2n) is 5.67. The van der Waals surface area contributed by atoms with Gasteiger partial charge < -0.3 is 4.57 Å². The molecule has 1 atom stereocenters. The van der Waals surface area contributed by atoms with Gasteiger partial charge in [-0.3, -0.25) is 0 Å². The number of hydrogen-bond donors (Lipinski definition) is 0. The standard InChI is InChI=1S/C14H26NSi.2ClH.Ti/c1-10(2)15(16(7)8)14(6)9-11(3)12(4)13(14)5;;;/h10,16H,1-8H3;2*1H;/q-1;;;. The van der Waals surface area contributed by atoms with Gasteiger partial charge in [0.25, 0.3) is 0 Å². The third kappa shape index (κ3) is 4.72. The van der Waals surface area contributed by atoms with Crippen molar-refractivity contribution >= 4 is 33.8 Å². The molecule has 1 aliphatic rings. The maximum Gasteiger partial charge on any atom is 0.105 e. The average Bonchev–Trinajstić information content (AvgIpc) is 2.29. The van der Waals surface area contributed by atoms with Crippen molar-refractivity contribution in [3.63, 3.8) is 0 Å². The monoisotopic (exact) mass is 356 g/mol. The fourth-order valence-corrected chi connectivity index (χ4v) is 5.57. The molecule has 0 aromatic rings. The molecule has 0 radical (unpaired) electrons. The molecular formula is C14H28Cl2NSiTi-. The van der Waals surface area contributed by atoms with Crippen LogP contribution in [0.3, 0.4) is 0 Å². The van der Waals surface area contributed by atoms with Crippen LogP contribution in [0.5, 0.6) is 0 Å². The Morgan fingerprint density at radius 1 is 1.11 bits per heavy atom. The zero-order chi connectivity index (χ0) is 12.7. The van der Waals surface area contributed by atoms with Crippen molar-refractivity contribution in [2.45, 2.75) is 66.2 Å². The molecule has 0 amide bonds. The van der Waals surface area contributed by atoms with Crippen LogP contribution in [0.4, 0.5) is 0 Å². The molecule has 1 aliphatic carbocycles. The largest absolute Gasteiger partial charge is 0.329 e. The van der Waals surface area contributed by atoms with E-state index in [1.807, 2.05) is 0 Å². The normalized spacial score (nSPS) is 22.2. The summed E-state index contributed by atoms with van der Waals surface area (Å²) in [5.41, 5.74) is 4.30. The first-order valence-electron chi connectivity index (χ1n) is 6.30. The van der Waals surface area contributed by atoms with Crippen molar-refractivity contribution in [3.8, 4) is 0 Å². The fourth-order valence-electron chi connectivity index (χ4n) is 3.09. The van der Waals surface area contributed by atoms with Gasteiger partial charge in [-0.25, -0.2) is 11.6 Å². The zero-order valence-electron chi connectivity index (χ0n) is 13.4. The van der Waals surface area contributed by atoms with Gasteiger partial charge in [0.1, 0.15) is 8.96 Å². The van der Waals surface area contributed by atoms with E-state index >= 15 is 0 Å². The summed E-state index contributed by atoms with van der Waals surface area (Å²) in [4.78, 5) is 0. The Bertz CT molecular complexity index is 345. The molecule has 112 valence electrons. The van der Waals surface area contributed by atoms with Crippen molar-refractivity contribution in [1.29, 1.82) is 0 Å². The number of hydrogen-bond acceptors (Lipinski definition) is 1. The van der Waals surface area contributed by atoms with Crippen molar-refractivity contribution in [1.82, 2.24) is 4.57 Å². The van der Waals surface area contributed by atoms with Crippen LogP contribution < -0.4 is 0 Å². The first kappa shape index (κ1) is 24.9. The first-order valence-corrected chi connectivity index (χ1v) is 9.13. The van der Waals surface area contributed by atoms with Crippen LogP contribution in [-0.2, 0) is 21.7 Å². The molecule has 0 N–H and O–H groups in total. The van der Waals surface area contributed by atoms with E-state index in [9.17, 15) is 0 Å². The quantitative estimate of drug-likeness (QED) is 0.535. The molecule has 0 saturated carbocycles. The van der Waals surface area contributed by atoms with E-state index in [0.29, 0.717) is 6.04 Å². The Labute approximate surface area is 148 Å². The molecule has 0 saturated heterocycles. The molecular weight excluding hydrogens is 329 g/mol. The van der Waals surface area contributed by atoms with Gasteiger partial charge >= 0.3 is 0 Å². The van der Waals surface area contributed by atoms with E-state index in [4.69, 9.17) is 0 Å². The summed E-state index contributed by atoms with van der Waals surface area (Å²) >= 11 is 0. The molecule has 0 aromatic heterocycles. The summed E-state index contributed by atoms with van der Waals surface area (Å²) in [5, 5.41) is 0. The summed E-state index contributed by atoms with van der Waals surface area (Å²) in [6.45, 7) is 18.4. The molecule has 0 aliphatic heterocycles. The Hall–Kier alpha value is 0.951. The Morgan fingerprint density at radius 3 is 1.74 bits per heavy atom. The van der Waals surface area contributed by atoms with Gasteiger partial charge in [-0.05, 0) is 11.6 Å². The van der Waals surface area contributed by atoms with E-state index < -0.39 is 8.96 Å². The van der Waals surface area contributed by atoms with E-state index in [1.165, 1.54) is 16.7 Å². The SMILES string of the molecule is CC1=[C-]C(C)(N(C(C)C)[SiH](C)C)C(C)=C1C.Cl.Cl.[Ti]. The summed E-state index contributed by atoms with van der Waals surface area (Å²) in [6.07, 6.45) is 3.70. The molecule has 0 spiro atoms. The molecule has 0 aromatic carbocycles. The Balaban J connectivity index is -0.000000853. The predicted octanol–water partition coefficient (Wildman–Crippen LogP) is 4.38. The van der Waals surface area contributed by atoms with Crippen LogP contribution in [0.25, 0.3) is 0 Å². The predicted molar refractivity (Wildman–Crippen MR) is 89.6 cm³/mol. The third-order valence-electron chi connectivity index (χ3n) is 3.92. The minimum atomic E-state index is -0.833. The maximum atomic E-state index is 3.70. The van der Waals surface area contributed by atoms with Crippen LogP contribution in [0, 0.1) is 6.08 Å². The average molecular weight is 357 g/mol. The summed E-state index contributed by atoms with van der Waals surface area (Å²) in [5.74, 6) is 0. The van der Waals surface area contributed by atoms with Crippen LogP contribution in [0.15, 0.2) is 16.7 Å². The zero-order valence-corrected chi connectivity index (χ0v) is 17.8. The summed E-state index contributed by atoms with van der Waals surface area (Å²) in [7, 11) is -0.833.